The van der Waals surface area contributed by atoms with E-state index in [4.69, 9.17) is 10.9 Å². The number of rotatable bonds is 23. The van der Waals surface area contributed by atoms with Gasteiger partial charge in [-0.1, -0.05) is 59.6 Å². The fourth-order valence-electron chi connectivity index (χ4n) is 4.54. The summed E-state index contributed by atoms with van der Waals surface area (Å²) >= 11 is 0. The first-order valence-corrected chi connectivity index (χ1v) is 17.2. The maximum absolute atomic E-state index is 13.1. The van der Waals surface area contributed by atoms with E-state index in [0.29, 0.717) is 57.6 Å². The number of carbonyl (C=O) groups is 4. The lowest BCUT2D eigenvalue weighted by atomic mass is 10.1. The summed E-state index contributed by atoms with van der Waals surface area (Å²) in [6.45, 7) is 17.3. The van der Waals surface area contributed by atoms with Crippen LogP contribution in [0.4, 0.5) is 0 Å². The lowest BCUT2D eigenvalue weighted by Gasteiger charge is -2.29. The van der Waals surface area contributed by atoms with Crippen molar-refractivity contribution in [2.75, 3.05) is 66.0 Å². The zero-order valence-corrected chi connectivity index (χ0v) is 31.0. The predicted octanol–water partition coefficient (Wildman–Crippen LogP) is 2.38. The van der Waals surface area contributed by atoms with Crippen LogP contribution in [-0.4, -0.2) is 126 Å². The maximum Gasteiger partial charge on any atom is 0.317 e. The van der Waals surface area contributed by atoms with Gasteiger partial charge in [0.2, 0.25) is 5.91 Å². The van der Waals surface area contributed by atoms with Gasteiger partial charge in [0.1, 0.15) is 0 Å². The second-order valence-electron chi connectivity index (χ2n) is 11.5. The van der Waals surface area contributed by atoms with Crippen molar-refractivity contribution < 1.29 is 34.5 Å². The van der Waals surface area contributed by atoms with Crippen LogP contribution in [0.5, 0.6) is 0 Å². The van der Waals surface area contributed by atoms with Gasteiger partial charge in [-0.2, -0.15) is 5.10 Å². The molecule has 0 bridgehead atoms. The quantitative estimate of drug-likeness (QED) is 0.0380. The van der Waals surface area contributed by atoms with E-state index in [1.54, 1.807) is 14.0 Å². The van der Waals surface area contributed by atoms with Crippen LogP contribution in [0.15, 0.2) is 23.3 Å². The average Bonchev–Trinajstić information content (AvgIpc) is 3.06. The first-order chi connectivity index (χ1) is 23.3. The van der Waals surface area contributed by atoms with Crippen LogP contribution in [0.25, 0.3) is 0 Å². The van der Waals surface area contributed by atoms with Crippen LogP contribution >= 0.6 is 0 Å². The minimum Gasteiger partial charge on any atom is -0.481 e. The number of hydrogen-bond acceptors (Lipinski definition) is 10. The van der Waals surface area contributed by atoms with Gasteiger partial charge in [-0.15, -0.1) is 0 Å². The van der Waals surface area contributed by atoms with E-state index in [1.807, 2.05) is 60.6 Å². The molecule has 49 heavy (non-hydrogen) atoms. The van der Waals surface area contributed by atoms with Gasteiger partial charge in [0.25, 0.3) is 0 Å². The second-order valence-corrected chi connectivity index (χ2v) is 11.5. The molecule has 282 valence electrons. The number of carboxylic acids is 3. The highest BCUT2D eigenvalue weighted by Gasteiger charge is 2.18. The third-order valence-electron chi connectivity index (χ3n) is 7.30. The van der Waals surface area contributed by atoms with Crippen molar-refractivity contribution in [3.63, 3.8) is 0 Å². The molecule has 0 fully saturated rings. The number of benzene rings is 1. The molecule has 1 amide bonds. The number of nitrogens with two attached hydrogens (primary N) is 1. The number of hydrazine groups is 1. The van der Waals surface area contributed by atoms with Gasteiger partial charge in [0.15, 0.2) is 5.84 Å². The number of nitrogens with zero attached hydrogens (tertiary/aromatic N) is 4. The van der Waals surface area contributed by atoms with Gasteiger partial charge in [-0.25, -0.2) is 5.43 Å². The Kier molecular flexibility index (Phi) is 28.2. The van der Waals surface area contributed by atoms with E-state index < -0.39 is 17.9 Å². The summed E-state index contributed by atoms with van der Waals surface area (Å²) in [6.07, 6.45) is 2.96. The number of aryl methyl sites for hydroxylation is 1. The Morgan fingerprint density at radius 1 is 0.816 bits per heavy atom. The molecule has 1 rings (SSSR count). The monoisotopic (exact) mass is 696 g/mol. The van der Waals surface area contributed by atoms with Crippen molar-refractivity contribution in [3.8, 4) is 0 Å². The smallest absolute Gasteiger partial charge is 0.317 e. The summed E-state index contributed by atoms with van der Waals surface area (Å²) in [6, 6.07) is 5.81. The Hall–Kier alpha value is -3.79. The molecule has 0 saturated heterocycles. The highest BCUT2D eigenvalue weighted by molar-refractivity contribution is 5.98. The summed E-state index contributed by atoms with van der Waals surface area (Å²) in [5, 5.41) is 33.2. The first-order valence-electron chi connectivity index (χ1n) is 17.2. The summed E-state index contributed by atoms with van der Waals surface area (Å²) in [5.41, 5.74) is 8.35. The summed E-state index contributed by atoms with van der Waals surface area (Å²) < 4.78 is 0. The van der Waals surface area contributed by atoms with Crippen LogP contribution in [0, 0.1) is 12.8 Å². The third-order valence-corrected chi connectivity index (χ3v) is 7.30. The van der Waals surface area contributed by atoms with E-state index >= 15 is 0 Å². The number of carbonyl (C=O) groups excluding carboxylic acids is 1. The molecule has 1 atom stereocenters. The zero-order chi connectivity index (χ0) is 37.8. The van der Waals surface area contributed by atoms with Gasteiger partial charge in [0.05, 0.1) is 19.6 Å². The molecule has 1 aromatic carbocycles. The molecule has 1 aromatic rings. The molecule has 0 aliphatic heterocycles. The molecule has 0 aliphatic rings. The number of amides is 1. The van der Waals surface area contributed by atoms with E-state index in [2.05, 4.69) is 35.1 Å². The molecular formula is C34H64N8O7. The molecule has 0 heterocycles. The van der Waals surface area contributed by atoms with Crippen molar-refractivity contribution in [3.05, 3.63) is 34.9 Å². The summed E-state index contributed by atoms with van der Waals surface area (Å²) in [4.78, 5) is 51.0. The fourth-order valence-corrected chi connectivity index (χ4v) is 4.54. The number of amidine groups is 1. The van der Waals surface area contributed by atoms with Gasteiger partial charge in [-0.05, 0) is 56.5 Å². The van der Waals surface area contributed by atoms with Crippen LogP contribution in [0.3, 0.4) is 0 Å². The van der Waals surface area contributed by atoms with E-state index in [9.17, 15) is 29.4 Å². The fraction of sp³-hybridized carbons (Fsp3) is 0.676. The van der Waals surface area contributed by atoms with Crippen molar-refractivity contribution in [1.29, 1.82) is 0 Å². The zero-order valence-electron chi connectivity index (χ0n) is 31.0. The van der Waals surface area contributed by atoms with Gasteiger partial charge in [-0.3, -0.25) is 33.9 Å². The maximum atomic E-state index is 13.1. The first kappa shape index (κ1) is 47.3. The third kappa shape index (κ3) is 24.9. The van der Waals surface area contributed by atoms with Gasteiger partial charge >= 0.3 is 17.9 Å². The summed E-state index contributed by atoms with van der Waals surface area (Å²) in [5.74, 6) is 3.78. The molecule has 0 radical (unpaired) electrons. The number of carboxylic acid groups (broad SMARTS) is 3. The number of hydrazone groups is 1. The van der Waals surface area contributed by atoms with Crippen LogP contribution < -0.4 is 22.0 Å². The van der Waals surface area contributed by atoms with Crippen molar-refractivity contribution in [2.45, 2.75) is 80.7 Å². The van der Waals surface area contributed by atoms with Gasteiger partial charge in [0, 0.05) is 51.8 Å². The molecule has 0 spiro atoms. The number of nitrogens with one attached hydrogen (secondary N) is 3. The van der Waals surface area contributed by atoms with E-state index in [1.165, 1.54) is 0 Å². The summed E-state index contributed by atoms with van der Waals surface area (Å²) in [7, 11) is 1.71. The molecule has 15 nitrogen and oxygen atoms in total. The molecule has 0 saturated carbocycles. The Labute approximate surface area is 293 Å². The van der Waals surface area contributed by atoms with Crippen molar-refractivity contribution in [1.82, 2.24) is 30.9 Å². The predicted molar refractivity (Wildman–Crippen MR) is 194 cm³/mol. The normalized spacial score (nSPS) is 11.7. The largest absolute Gasteiger partial charge is 0.481 e. The van der Waals surface area contributed by atoms with Gasteiger partial charge < -0.3 is 31.9 Å². The molecule has 8 N–H and O–H groups in total. The standard InChI is InChI=1S/C29H52N8O5.C3H6O2.C2H6/c1-6-9-35(20-27(39)40)11-13-37(14-12-36(21-28(41)42)10-8-22(3)7-2)19-26(38)32-18-24-15-23(4)16-25(17-24)29(33-30)34-31-5;1-2-3(4)5;1-2/h15-17,22,31H,6-14,18-21,30H2,1-5H3,(H,32,38)(H,33,34)(H,39,40)(H,41,42);2H2,1H3,(H,4,5);1-2H3/t22-;;/m1../s1. The molecule has 0 aliphatic carbocycles. The van der Waals surface area contributed by atoms with Crippen LogP contribution in [-0.2, 0) is 25.7 Å². The lowest BCUT2D eigenvalue weighted by molar-refractivity contribution is -0.139. The molecule has 0 unspecified atom stereocenters. The lowest BCUT2D eigenvalue weighted by Crippen LogP contribution is -2.46. The average molecular weight is 697 g/mol. The molecule has 0 aromatic heterocycles. The minimum atomic E-state index is -0.893. The van der Waals surface area contributed by atoms with E-state index in [-0.39, 0.29) is 32.0 Å². The number of aliphatic carboxylic acids is 3. The number of hydrogen-bond donors (Lipinski definition) is 7. The second kappa shape index (κ2) is 29.2. The molecular weight excluding hydrogens is 632 g/mol. The van der Waals surface area contributed by atoms with Crippen LogP contribution in [0.2, 0.25) is 0 Å². The SMILES string of the molecule is CC.CCC(=O)O.CCCN(CCN(CCN(CC[C@H](C)CC)CC(=O)O)CC(=O)NCc1cc(C)cc(/C(=N/N)NNC)c1)CC(=O)O. The topological polar surface area (TPSA) is 213 Å². The Balaban J connectivity index is 0. The highest BCUT2D eigenvalue weighted by atomic mass is 16.4. The van der Waals surface area contributed by atoms with Crippen LogP contribution in [0.1, 0.15) is 83.9 Å². The van der Waals surface area contributed by atoms with E-state index in [0.717, 1.165) is 36.0 Å². The Morgan fingerprint density at radius 3 is 1.76 bits per heavy atom. The minimum absolute atomic E-state index is 0.0658. The Bertz CT molecular complexity index is 1120. The highest BCUT2D eigenvalue weighted by Crippen LogP contribution is 2.11. The van der Waals surface area contributed by atoms with Crippen molar-refractivity contribution in [2.24, 2.45) is 16.9 Å². The van der Waals surface area contributed by atoms with Crippen molar-refractivity contribution >= 4 is 29.7 Å². The Morgan fingerprint density at radius 2 is 1.33 bits per heavy atom. The molecule has 15 heteroatoms.